The Bertz CT molecular complexity index is 760. The maximum Gasteiger partial charge on any atom is 0.123 e. The number of fused-ring (bicyclic) bond motifs is 1. The first kappa shape index (κ1) is 13.6. The van der Waals surface area contributed by atoms with Crippen molar-refractivity contribution in [3.05, 3.63) is 48.3 Å². The van der Waals surface area contributed by atoms with E-state index in [0.29, 0.717) is 6.54 Å². The van der Waals surface area contributed by atoms with Crippen molar-refractivity contribution >= 4 is 11.0 Å². The number of nitrogens with zero attached hydrogens (tertiary/aromatic N) is 2. The normalized spacial score (nSPS) is 11.0. The fraction of sp³-hybridized carbons (Fsp3) is 0.235. The van der Waals surface area contributed by atoms with Crippen LogP contribution in [0.1, 0.15) is 12.7 Å². The van der Waals surface area contributed by atoms with Crippen LogP contribution in [-0.4, -0.2) is 16.7 Å². The first-order chi connectivity index (χ1) is 10.3. The van der Waals surface area contributed by atoms with Gasteiger partial charge in [0.15, 0.2) is 0 Å². The molecule has 4 nitrogen and oxygen atoms in total. The molecule has 2 N–H and O–H groups in total. The molecule has 3 aromatic rings. The molecule has 0 radical (unpaired) electrons. The second-order valence-electron chi connectivity index (χ2n) is 4.91. The van der Waals surface area contributed by atoms with Crippen molar-refractivity contribution in [3.63, 3.8) is 0 Å². The van der Waals surface area contributed by atoms with Crippen molar-refractivity contribution in [1.82, 2.24) is 9.55 Å². The van der Waals surface area contributed by atoms with Crippen LogP contribution in [0.4, 0.5) is 0 Å². The van der Waals surface area contributed by atoms with E-state index in [2.05, 4.69) is 46.8 Å². The van der Waals surface area contributed by atoms with Crippen molar-refractivity contribution in [2.75, 3.05) is 7.11 Å². The minimum atomic E-state index is 0.459. The molecule has 0 aliphatic rings. The Kier molecular flexibility index (Phi) is 3.62. The maximum absolute atomic E-state index is 5.77. The topological polar surface area (TPSA) is 53.1 Å². The van der Waals surface area contributed by atoms with Crippen LogP contribution >= 0.6 is 0 Å². The highest BCUT2D eigenvalue weighted by Crippen LogP contribution is 2.26. The molecular formula is C17H19N3O. The molecule has 0 saturated carbocycles. The summed E-state index contributed by atoms with van der Waals surface area (Å²) in [6.07, 6.45) is 0. The van der Waals surface area contributed by atoms with Crippen LogP contribution in [0.2, 0.25) is 0 Å². The molecule has 1 heterocycles. The number of hydrogen-bond acceptors (Lipinski definition) is 3. The Labute approximate surface area is 124 Å². The van der Waals surface area contributed by atoms with Crippen molar-refractivity contribution in [1.29, 1.82) is 0 Å². The number of nitrogens with two attached hydrogens (primary N) is 1. The molecule has 0 amide bonds. The first-order valence-electron chi connectivity index (χ1n) is 7.10. The summed E-state index contributed by atoms with van der Waals surface area (Å²) < 4.78 is 7.37. The third kappa shape index (κ3) is 2.38. The molecule has 0 aliphatic heterocycles. The number of aryl methyl sites for hydroxylation is 1. The van der Waals surface area contributed by atoms with E-state index in [9.17, 15) is 0 Å². The minimum absolute atomic E-state index is 0.459. The first-order valence-corrected chi connectivity index (χ1v) is 7.10. The van der Waals surface area contributed by atoms with E-state index >= 15 is 0 Å². The van der Waals surface area contributed by atoms with E-state index in [1.807, 2.05) is 12.1 Å². The van der Waals surface area contributed by atoms with Gasteiger partial charge in [0, 0.05) is 6.54 Å². The zero-order valence-electron chi connectivity index (χ0n) is 12.3. The molecule has 21 heavy (non-hydrogen) atoms. The summed E-state index contributed by atoms with van der Waals surface area (Å²) in [5, 5.41) is 0. The van der Waals surface area contributed by atoms with E-state index in [0.717, 1.165) is 34.7 Å². The molecule has 1 aromatic heterocycles. The van der Waals surface area contributed by atoms with Crippen molar-refractivity contribution in [2.45, 2.75) is 20.0 Å². The highest BCUT2D eigenvalue weighted by molar-refractivity contribution is 5.82. The monoisotopic (exact) mass is 281 g/mol. The van der Waals surface area contributed by atoms with Crippen LogP contribution in [0.25, 0.3) is 22.2 Å². The number of rotatable bonds is 4. The largest absolute Gasteiger partial charge is 0.497 e. The molecule has 3 rings (SSSR count). The van der Waals surface area contributed by atoms with Crippen LogP contribution in [0.5, 0.6) is 5.75 Å². The predicted octanol–water partition coefficient (Wildman–Crippen LogP) is 3.19. The van der Waals surface area contributed by atoms with Gasteiger partial charge in [-0.25, -0.2) is 4.98 Å². The Morgan fingerprint density at radius 3 is 2.43 bits per heavy atom. The van der Waals surface area contributed by atoms with Crippen LogP contribution in [0, 0.1) is 0 Å². The van der Waals surface area contributed by atoms with Gasteiger partial charge in [-0.2, -0.15) is 0 Å². The number of ether oxygens (including phenoxy) is 1. The molecule has 0 fully saturated rings. The lowest BCUT2D eigenvalue weighted by molar-refractivity contribution is 0.415. The lowest BCUT2D eigenvalue weighted by atomic mass is 10.1. The van der Waals surface area contributed by atoms with Gasteiger partial charge in [0.1, 0.15) is 11.6 Å². The quantitative estimate of drug-likeness (QED) is 0.799. The summed E-state index contributed by atoms with van der Waals surface area (Å²) in [7, 11) is 1.68. The van der Waals surface area contributed by atoms with Crippen LogP contribution in [0.15, 0.2) is 42.5 Å². The van der Waals surface area contributed by atoms with Gasteiger partial charge in [-0.1, -0.05) is 18.2 Å². The zero-order valence-corrected chi connectivity index (χ0v) is 12.3. The fourth-order valence-corrected chi connectivity index (χ4v) is 2.64. The second-order valence-corrected chi connectivity index (χ2v) is 4.91. The van der Waals surface area contributed by atoms with Crippen LogP contribution < -0.4 is 10.5 Å². The summed E-state index contributed by atoms with van der Waals surface area (Å²) in [5.74, 6) is 1.79. The molecule has 0 spiro atoms. The van der Waals surface area contributed by atoms with Gasteiger partial charge in [0.2, 0.25) is 0 Å². The van der Waals surface area contributed by atoms with E-state index in [-0.39, 0.29) is 0 Å². The summed E-state index contributed by atoms with van der Waals surface area (Å²) in [5.41, 5.74) is 10.2. The summed E-state index contributed by atoms with van der Waals surface area (Å²) in [4.78, 5) is 4.58. The van der Waals surface area contributed by atoms with E-state index in [4.69, 9.17) is 10.5 Å². The average molecular weight is 281 g/mol. The average Bonchev–Trinajstić information content (AvgIpc) is 2.91. The summed E-state index contributed by atoms with van der Waals surface area (Å²) >= 11 is 0. The molecular weight excluding hydrogens is 262 g/mol. The third-order valence-corrected chi connectivity index (χ3v) is 3.75. The molecule has 4 heteroatoms. The Balaban J connectivity index is 2.10. The molecule has 0 bridgehead atoms. The summed E-state index contributed by atoms with van der Waals surface area (Å²) in [6, 6.07) is 14.4. The molecule has 2 aromatic carbocycles. The maximum atomic E-state index is 5.77. The van der Waals surface area contributed by atoms with Crippen LogP contribution in [0.3, 0.4) is 0 Å². The van der Waals surface area contributed by atoms with Gasteiger partial charge >= 0.3 is 0 Å². The predicted molar refractivity (Wildman–Crippen MR) is 85.3 cm³/mol. The van der Waals surface area contributed by atoms with Gasteiger partial charge in [-0.05, 0) is 42.3 Å². The van der Waals surface area contributed by atoms with E-state index in [1.165, 1.54) is 5.56 Å². The standard InChI is InChI=1S/C17H19N3O/c1-3-20-16-10-13(6-9-15(16)19-17(20)11-18)12-4-7-14(21-2)8-5-12/h4-10H,3,11,18H2,1-2H3. The molecule has 0 unspecified atom stereocenters. The highest BCUT2D eigenvalue weighted by Gasteiger charge is 2.09. The van der Waals surface area contributed by atoms with Gasteiger partial charge in [-0.15, -0.1) is 0 Å². The Morgan fingerprint density at radius 1 is 1.10 bits per heavy atom. The molecule has 0 atom stereocenters. The molecule has 0 aliphatic carbocycles. The van der Waals surface area contributed by atoms with Crippen LogP contribution in [-0.2, 0) is 13.1 Å². The van der Waals surface area contributed by atoms with Gasteiger partial charge in [0.05, 0.1) is 24.7 Å². The number of hydrogen-bond donors (Lipinski definition) is 1. The number of benzene rings is 2. The van der Waals surface area contributed by atoms with Crippen molar-refractivity contribution < 1.29 is 4.74 Å². The van der Waals surface area contributed by atoms with Gasteiger partial charge < -0.3 is 15.0 Å². The molecule has 108 valence electrons. The second kappa shape index (κ2) is 5.58. The third-order valence-electron chi connectivity index (χ3n) is 3.75. The summed E-state index contributed by atoms with van der Waals surface area (Å²) in [6.45, 7) is 3.44. The zero-order chi connectivity index (χ0) is 14.8. The Hall–Kier alpha value is -2.33. The number of imidazole rings is 1. The smallest absolute Gasteiger partial charge is 0.123 e. The van der Waals surface area contributed by atoms with Crippen molar-refractivity contribution in [2.24, 2.45) is 5.73 Å². The highest BCUT2D eigenvalue weighted by atomic mass is 16.5. The SMILES string of the molecule is CCn1c(CN)nc2ccc(-c3ccc(OC)cc3)cc21. The van der Waals surface area contributed by atoms with Gasteiger partial charge in [0.25, 0.3) is 0 Å². The molecule has 0 saturated heterocycles. The fourth-order valence-electron chi connectivity index (χ4n) is 2.64. The lowest BCUT2D eigenvalue weighted by Crippen LogP contribution is -2.06. The van der Waals surface area contributed by atoms with Gasteiger partial charge in [-0.3, -0.25) is 0 Å². The van der Waals surface area contributed by atoms with E-state index in [1.54, 1.807) is 7.11 Å². The Morgan fingerprint density at radius 2 is 1.81 bits per heavy atom. The minimum Gasteiger partial charge on any atom is -0.497 e. The number of aromatic nitrogens is 2. The number of methoxy groups -OCH3 is 1. The van der Waals surface area contributed by atoms with E-state index < -0.39 is 0 Å². The van der Waals surface area contributed by atoms with Crippen molar-refractivity contribution in [3.8, 4) is 16.9 Å². The lowest BCUT2D eigenvalue weighted by Gasteiger charge is -2.06.